The minimum atomic E-state index is -0.465. The minimum Gasteiger partial charge on any atom is -0.441 e. The maximum absolute atomic E-state index is 12.7. The van der Waals surface area contributed by atoms with Gasteiger partial charge in [0.15, 0.2) is 5.65 Å². The molecule has 0 radical (unpaired) electrons. The number of carbonyl (C=O) groups excluding carboxylic acids is 2. The summed E-state index contributed by atoms with van der Waals surface area (Å²) < 4.78 is 6.94. The summed E-state index contributed by atoms with van der Waals surface area (Å²) in [5.74, 6) is -0.0511. The molecule has 4 heterocycles. The first-order valence-electron chi connectivity index (χ1n) is 7.59. The zero-order valence-corrected chi connectivity index (χ0v) is 12.4. The van der Waals surface area contributed by atoms with Crippen molar-refractivity contribution in [3.8, 4) is 0 Å². The number of tetrazole rings is 1. The topological polar surface area (TPSA) is 102 Å². The summed E-state index contributed by atoms with van der Waals surface area (Å²) in [6.07, 6.45) is 3.52. The van der Waals surface area contributed by atoms with E-state index in [0.717, 1.165) is 12.8 Å². The molecule has 1 N–H and O–H groups in total. The number of likely N-dealkylation sites (tertiary alicyclic amines) is 1. The third kappa shape index (κ3) is 2.47. The largest absolute Gasteiger partial charge is 0.441 e. The SMILES string of the molecule is O=C1NC[C@]2(CCCN(C(=O)c3ccn4nnnc4c3)CC2)O1. The molecule has 1 spiro atoms. The number of hydrogen-bond donors (Lipinski definition) is 1. The predicted molar refractivity (Wildman–Crippen MR) is 77.8 cm³/mol. The number of nitrogens with zero attached hydrogens (tertiary/aromatic N) is 5. The lowest BCUT2D eigenvalue weighted by Crippen LogP contribution is -2.36. The molecular formula is C14H16N6O3. The summed E-state index contributed by atoms with van der Waals surface area (Å²) in [7, 11) is 0. The Kier molecular flexibility index (Phi) is 3.14. The number of hydrogen-bond acceptors (Lipinski definition) is 6. The highest BCUT2D eigenvalue weighted by molar-refractivity contribution is 5.95. The van der Waals surface area contributed by atoms with Crippen LogP contribution in [0.25, 0.3) is 5.65 Å². The average Bonchev–Trinajstić information content (AvgIpc) is 3.10. The molecule has 9 heteroatoms. The minimum absolute atomic E-state index is 0.0511. The fraction of sp³-hybridized carbons (Fsp3) is 0.500. The van der Waals surface area contributed by atoms with Crippen LogP contribution in [0.4, 0.5) is 4.79 Å². The number of fused-ring (bicyclic) bond motifs is 1. The first-order chi connectivity index (χ1) is 11.2. The van der Waals surface area contributed by atoms with E-state index >= 15 is 0 Å². The van der Waals surface area contributed by atoms with Crippen molar-refractivity contribution in [3.05, 3.63) is 23.9 Å². The second-order valence-corrected chi connectivity index (χ2v) is 5.97. The van der Waals surface area contributed by atoms with Crippen molar-refractivity contribution in [2.45, 2.75) is 24.9 Å². The van der Waals surface area contributed by atoms with Crippen molar-refractivity contribution < 1.29 is 14.3 Å². The number of ether oxygens (including phenoxy) is 1. The molecule has 1 atom stereocenters. The second-order valence-electron chi connectivity index (χ2n) is 5.97. The van der Waals surface area contributed by atoms with Gasteiger partial charge in [0.25, 0.3) is 5.91 Å². The Morgan fingerprint density at radius 2 is 2.26 bits per heavy atom. The fourth-order valence-electron chi connectivity index (χ4n) is 3.21. The molecule has 2 aromatic heterocycles. The zero-order valence-electron chi connectivity index (χ0n) is 12.4. The van der Waals surface area contributed by atoms with Gasteiger partial charge in [0.2, 0.25) is 0 Å². The summed E-state index contributed by atoms with van der Waals surface area (Å²) in [6, 6.07) is 3.39. The molecule has 0 aliphatic carbocycles. The molecule has 0 saturated carbocycles. The van der Waals surface area contributed by atoms with Crippen LogP contribution in [0.2, 0.25) is 0 Å². The maximum Gasteiger partial charge on any atom is 0.407 e. The molecular weight excluding hydrogens is 300 g/mol. The average molecular weight is 316 g/mol. The highest BCUT2D eigenvalue weighted by Gasteiger charge is 2.41. The number of pyridine rings is 1. The third-order valence-electron chi connectivity index (χ3n) is 4.49. The Morgan fingerprint density at radius 1 is 1.35 bits per heavy atom. The van der Waals surface area contributed by atoms with Crippen LogP contribution in [-0.2, 0) is 4.74 Å². The molecule has 23 heavy (non-hydrogen) atoms. The van der Waals surface area contributed by atoms with Crippen molar-refractivity contribution in [2.24, 2.45) is 0 Å². The zero-order chi connectivity index (χ0) is 15.9. The van der Waals surface area contributed by atoms with E-state index < -0.39 is 5.60 Å². The summed E-state index contributed by atoms with van der Waals surface area (Å²) in [4.78, 5) is 25.8. The van der Waals surface area contributed by atoms with Crippen molar-refractivity contribution in [2.75, 3.05) is 19.6 Å². The van der Waals surface area contributed by atoms with Crippen LogP contribution >= 0.6 is 0 Å². The second kappa shape index (κ2) is 5.18. The van der Waals surface area contributed by atoms with Crippen molar-refractivity contribution in [3.63, 3.8) is 0 Å². The van der Waals surface area contributed by atoms with Crippen molar-refractivity contribution in [1.29, 1.82) is 0 Å². The molecule has 2 saturated heterocycles. The van der Waals surface area contributed by atoms with Gasteiger partial charge in [-0.1, -0.05) is 0 Å². The van der Waals surface area contributed by atoms with Crippen LogP contribution in [0, 0.1) is 0 Å². The van der Waals surface area contributed by atoms with E-state index in [4.69, 9.17) is 4.74 Å². The number of rotatable bonds is 1. The van der Waals surface area contributed by atoms with E-state index in [1.54, 1.807) is 23.2 Å². The van der Waals surface area contributed by atoms with E-state index in [-0.39, 0.29) is 12.0 Å². The monoisotopic (exact) mass is 316 g/mol. The lowest BCUT2D eigenvalue weighted by molar-refractivity contribution is 0.0438. The molecule has 0 bridgehead atoms. The lowest BCUT2D eigenvalue weighted by Gasteiger charge is -2.25. The van der Waals surface area contributed by atoms with Crippen LogP contribution in [0.5, 0.6) is 0 Å². The van der Waals surface area contributed by atoms with Gasteiger partial charge >= 0.3 is 6.09 Å². The molecule has 120 valence electrons. The van der Waals surface area contributed by atoms with Gasteiger partial charge in [-0.05, 0) is 35.4 Å². The Labute approximate surface area is 131 Å². The normalized spacial score (nSPS) is 24.5. The van der Waals surface area contributed by atoms with Crippen molar-refractivity contribution >= 4 is 17.6 Å². The van der Waals surface area contributed by atoms with Crippen LogP contribution in [0.1, 0.15) is 29.6 Å². The van der Waals surface area contributed by atoms with E-state index in [1.165, 1.54) is 4.52 Å². The van der Waals surface area contributed by atoms with E-state index in [0.29, 0.717) is 37.3 Å². The van der Waals surface area contributed by atoms with Gasteiger partial charge in [-0.15, -0.1) is 5.10 Å². The first kappa shape index (κ1) is 13.9. The molecule has 2 aliphatic heterocycles. The van der Waals surface area contributed by atoms with Gasteiger partial charge in [-0.25, -0.2) is 9.31 Å². The van der Waals surface area contributed by atoms with E-state index in [1.807, 2.05) is 0 Å². The summed E-state index contributed by atoms with van der Waals surface area (Å²) in [6.45, 7) is 1.73. The van der Waals surface area contributed by atoms with E-state index in [9.17, 15) is 9.59 Å². The van der Waals surface area contributed by atoms with Crippen LogP contribution in [0.15, 0.2) is 18.3 Å². The van der Waals surface area contributed by atoms with Gasteiger partial charge < -0.3 is 15.0 Å². The summed E-state index contributed by atoms with van der Waals surface area (Å²) in [5, 5.41) is 13.9. The van der Waals surface area contributed by atoms with E-state index in [2.05, 4.69) is 20.8 Å². The van der Waals surface area contributed by atoms with Crippen LogP contribution < -0.4 is 5.32 Å². The Hall–Kier alpha value is -2.71. The molecule has 9 nitrogen and oxygen atoms in total. The Morgan fingerprint density at radius 3 is 3.09 bits per heavy atom. The van der Waals surface area contributed by atoms with Crippen LogP contribution in [-0.4, -0.2) is 62.2 Å². The summed E-state index contributed by atoms with van der Waals surface area (Å²) in [5.41, 5.74) is 0.633. The maximum atomic E-state index is 12.7. The van der Waals surface area contributed by atoms with Gasteiger partial charge in [-0.2, -0.15) is 0 Å². The van der Waals surface area contributed by atoms with Gasteiger partial charge in [-0.3, -0.25) is 4.79 Å². The number of carbonyl (C=O) groups is 2. The number of aromatic nitrogens is 4. The standard InChI is InChI=1S/C14H16N6O3/c21-12(10-2-6-20-11(8-10)16-17-18-20)19-5-1-3-14(4-7-19)9-15-13(22)23-14/h2,6,8H,1,3-5,7,9H2,(H,15,22)/t14-/m1/s1. The number of alkyl carbamates (subject to hydrolysis) is 1. The van der Waals surface area contributed by atoms with Gasteiger partial charge in [0, 0.05) is 31.3 Å². The molecule has 0 aromatic carbocycles. The molecule has 2 aromatic rings. The fourth-order valence-corrected chi connectivity index (χ4v) is 3.21. The number of amides is 2. The quantitative estimate of drug-likeness (QED) is 0.808. The summed E-state index contributed by atoms with van der Waals surface area (Å²) >= 11 is 0. The first-order valence-corrected chi connectivity index (χ1v) is 7.59. The smallest absolute Gasteiger partial charge is 0.407 e. The Balaban J connectivity index is 1.51. The third-order valence-corrected chi connectivity index (χ3v) is 4.49. The molecule has 2 fully saturated rings. The highest BCUT2D eigenvalue weighted by Crippen LogP contribution is 2.29. The molecule has 0 unspecified atom stereocenters. The number of nitrogens with one attached hydrogen (secondary N) is 1. The highest BCUT2D eigenvalue weighted by atomic mass is 16.6. The molecule has 4 rings (SSSR count). The molecule has 2 aliphatic rings. The van der Waals surface area contributed by atoms with Crippen molar-refractivity contribution in [1.82, 2.24) is 30.3 Å². The van der Waals surface area contributed by atoms with Gasteiger partial charge in [0.05, 0.1) is 6.54 Å². The van der Waals surface area contributed by atoms with Crippen LogP contribution in [0.3, 0.4) is 0 Å². The predicted octanol–water partition coefficient (Wildman–Crippen LogP) is 0.229. The Bertz CT molecular complexity index is 775. The molecule has 2 amide bonds. The van der Waals surface area contributed by atoms with Gasteiger partial charge in [0.1, 0.15) is 5.60 Å². The lowest BCUT2D eigenvalue weighted by atomic mass is 9.95.